The Balaban J connectivity index is 0.00000507. The van der Waals surface area contributed by atoms with Gasteiger partial charge >= 0.3 is 29.6 Å². The Morgan fingerprint density at radius 1 is 1.26 bits per heavy atom. The largest absolute Gasteiger partial charge is 1.00 e. The Labute approximate surface area is 275 Å². The quantitative estimate of drug-likeness (QED) is 0.162. The van der Waals surface area contributed by atoms with Crippen molar-refractivity contribution in [1.29, 1.82) is 0 Å². The van der Waals surface area contributed by atoms with Crippen LogP contribution in [0.25, 0.3) is 0 Å². The van der Waals surface area contributed by atoms with Crippen LogP contribution in [0.2, 0.25) is 0 Å². The van der Waals surface area contributed by atoms with Crippen molar-refractivity contribution in [3.63, 3.8) is 0 Å². The van der Waals surface area contributed by atoms with Crippen molar-refractivity contribution in [2.24, 2.45) is 5.16 Å². The smallest absolute Gasteiger partial charge is 0.735 e. The maximum absolute atomic E-state index is 12.6. The Hall–Kier alpha value is -0.0100. The number of allylic oxidation sites excluding steroid dienone is 1. The number of benzene rings is 1. The molecule has 2 aliphatic rings. The van der Waals surface area contributed by atoms with Crippen LogP contribution in [0.3, 0.4) is 0 Å². The van der Waals surface area contributed by atoms with E-state index in [4.69, 9.17) is 14.3 Å². The molecule has 1 aliphatic heterocycles. The normalized spacial score (nSPS) is 20.9. The van der Waals surface area contributed by atoms with Gasteiger partial charge in [0.05, 0.1) is 31.6 Å². The molecule has 0 saturated carbocycles. The number of hydrogen-bond donors (Lipinski definition) is 3. The van der Waals surface area contributed by atoms with Crippen LogP contribution in [0.5, 0.6) is 5.75 Å². The first-order chi connectivity index (χ1) is 17.4. The van der Waals surface area contributed by atoms with E-state index >= 15 is 0 Å². The minimum absolute atomic E-state index is 0. The molecule has 17 heteroatoms. The van der Waals surface area contributed by atoms with Crippen molar-refractivity contribution in [3.05, 3.63) is 47.4 Å². The number of nitrogens with one attached hydrogen (secondary N) is 2. The van der Waals surface area contributed by atoms with E-state index < -0.39 is 27.9 Å². The maximum Gasteiger partial charge on any atom is 1.00 e. The number of aliphatic hydroxyl groups excluding tert-OH is 1. The Bertz CT molecular complexity index is 1240. The molecule has 11 nitrogen and oxygen atoms in total. The fourth-order valence-corrected chi connectivity index (χ4v) is 7.24. The van der Waals surface area contributed by atoms with Gasteiger partial charge in [0, 0.05) is 19.5 Å². The van der Waals surface area contributed by atoms with Gasteiger partial charge in [0.15, 0.2) is 15.9 Å². The Morgan fingerprint density at radius 3 is 2.53 bits per heavy atom. The van der Waals surface area contributed by atoms with Crippen molar-refractivity contribution >= 4 is 85.6 Å². The molecule has 1 aliphatic carbocycles. The number of halogens is 4. The van der Waals surface area contributed by atoms with Gasteiger partial charge in [-0.25, -0.2) is 13.1 Å². The number of rotatable bonds is 11. The van der Waals surface area contributed by atoms with Gasteiger partial charge in [-0.3, -0.25) is 4.79 Å². The van der Waals surface area contributed by atoms with Crippen LogP contribution in [0.4, 0.5) is 0 Å². The summed E-state index contributed by atoms with van der Waals surface area (Å²) in [5.74, 6) is 0.568. The second-order valence-electron chi connectivity index (χ2n) is 7.98. The van der Waals surface area contributed by atoms with E-state index in [1.165, 1.54) is 7.11 Å². The molecule has 1 spiro atoms. The number of hydrogen-bond acceptors (Lipinski definition) is 9. The van der Waals surface area contributed by atoms with Crippen LogP contribution < -0.4 is 44.3 Å². The van der Waals surface area contributed by atoms with Gasteiger partial charge in [0.2, 0.25) is 0 Å². The number of carbonyl (C=O) groups excluding carboxylic acids is 1. The number of oxime groups is 1. The van der Waals surface area contributed by atoms with E-state index in [1.54, 1.807) is 18.2 Å². The molecule has 1 aromatic rings. The molecule has 0 bridgehead atoms. The summed E-state index contributed by atoms with van der Waals surface area (Å²) in [4.78, 5) is 18.1. The van der Waals surface area contributed by atoms with Crippen LogP contribution in [0.1, 0.15) is 18.4 Å². The maximum atomic E-state index is 12.6. The summed E-state index contributed by atoms with van der Waals surface area (Å²) in [5, 5.41) is 17.4. The molecule has 0 radical (unpaired) electrons. The summed E-state index contributed by atoms with van der Waals surface area (Å²) in [6, 6.07) is 3.54. The number of ether oxygens (including phenoxy) is 2. The van der Waals surface area contributed by atoms with Gasteiger partial charge in [-0.2, -0.15) is 0 Å². The monoisotopic (exact) mass is 815 g/mol. The third kappa shape index (κ3) is 8.74. The second-order valence-corrected chi connectivity index (χ2v) is 12.6. The molecule has 38 heavy (non-hydrogen) atoms. The van der Waals surface area contributed by atoms with Gasteiger partial charge < -0.3 is 29.3 Å². The first kappa shape index (κ1) is 34.2. The van der Waals surface area contributed by atoms with Crippen LogP contribution in [0, 0.1) is 0 Å². The van der Waals surface area contributed by atoms with E-state index in [2.05, 4.69) is 74.2 Å². The molecular formula is C21H22Br4N3NaO8S. The fraction of sp³-hybridized carbons (Fsp3) is 0.429. The molecule has 0 saturated heterocycles. The number of aliphatic hydroxyl groups is 1. The molecular weight excluding hydrogens is 797 g/mol. The molecule has 1 amide bonds. The summed E-state index contributed by atoms with van der Waals surface area (Å²) < 4.78 is 47.2. The van der Waals surface area contributed by atoms with Crippen LogP contribution in [-0.2, 0) is 31.1 Å². The van der Waals surface area contributed by atoms with Gasteiger partial charge in [-0.1, -0.05) is 5.16 Å². The van der Waals surface area contributed by atoms with Crippen LogP contribution >= 0.6 is 63.7 Å². The molecule has 204 valence electrons. The summed E-state index contributed by atoms with van der Waals surface area (Å²) in [6.45, 7) is 0.593. The zero-order valence-corrected chi connectivity index (χ0v) is 29.4. The zero-order chi connectivity index (χ0) is 27.4. The van der Waals surface area contributed by atoms with Crippen molar-refractivity contribution in [2.75, 3.05) is 26.8 Å². The number of amides is 1. The predicted octanol–water partition coefficient (Wildman–Crippen LogP) is 0.114. The van der Waals surface area contributed by atoms with Crippen molar-refractivity contribution in [1.82, 2.24) is 10.0 Å². The zero-order valence-electron chi connectivity index (χ0n) is 20.2. The number of carbonyl (C=O) groups is 1. The second kappa shape index (κ2) is 14.8. The Kier molecular flexibility index (Phi) is 13.3. The van der Waals surface area contributed by atoms with Gasteiger partial charge in [0.25, 0.3) is 5.91 Å². The minimum Gasteiger partial charge on any atom is -0.735 e. The predicted molar refractivity (Wildman–Crippen MR) is 148 cm³/mol. The SMILES string of the molecule is COC1=C(Br)[C@H](O)[C@@]2(C=C1Br)CC(C(=O)NCCCOc1c(Br)cc(CCNS(=O)(=O)[O-])cc1Br)=NO2.[Na+]. The topological polar surface area (TPSA) is 159 Å². The van der Waals surface area contributed by atoms with E-state index in [0.29, 0.717) is 55.4 Å². The average molecular weight is 819 g/mol. The molecule has 3 rings (SSSR count). The molecule has 1 heterocycles. The summed E-state index contributed by atoms with van der Waals surface area (Å²) in [7, 11) is -3.01. The number of methoxy groups -OCH3 is 1. The Morgan fingerprint density at radius 2 is 1.92 bits per heavy atom. The third-order valence-corrected chi connectivity index (χ3v) is 8.47. The summed E-state index contributed by atoms with van der Waals surface area (Å²) in [5.41, 5.74) is -0.282. The van der Waals surface area contributed by atoms with E-state index in [1.807, 2.05) is 4.72 Å². The fourth-order valence-electron chi connectivity index (χ4n) is 3.58. The van der Waals surface area contributed by atoms with Crippen LogP contribution in [-0.4, -0.2) is 68.2 Å². The van der Waals surface area contributed by atoms with Gasteiger partial charge in [-0.15, -0.1) is 0 Å². The molecule has 0 unspecified atom stereocenters. The molecule has 1 aromatic carbocycles. The van der Waals surface area contributed by atoms with Gasteiger partial charge in [-0.05, 0) is 100 Å². The first-order valence-corrected chi connectivity index (χ1v) is 15.3. The first-order valence-electron chi connectivity index (χ1n) is 10.7. The van der Waals surface area contributed by atoms with E-state index in [-0.39, 0.29) is 48.2 Å². The summed E-state index contributed by atoms with van der Waals surface area (Å²) in [6.07, 6.45) is 1.41. The van der Waals surface area contributed by atoms with Crippen molar-refractivity contribution in [2.45, 2.75) is 31.0 Å². The van der Waals surface area contributed by atoms with Crippen molar-refractivity contribution in [3.8, 4) is 5.75 Å². The average Bonchev–Trinajstić information content (AvgIpc) is 3.23. The summed E-state index contributed by atoms with van der Waals surface area (Å²) >= 11 is 13.6. The van der Waals surface area contributed by atoms with E-state index in [9.17, 15) is 22.9 Å². The minimum atomic E-state index is -4.49. The van der Waals surface area contributed by atoms with Gasteiger partial charge in [0.1, 0.15) is 23.3 Å². The molecule has 3 N–H and O–H groups in total. The van der Waals surface area contributed by atoms with Crippen molar-refractivity contribution < 1.29 is 66.7 Å². The molecule has 0 fully saturated rings. The molecule has 2 atom stereocenters. The molecule has 0 aromatic heterocycles. The van der Waals surface area contributed by atoms with Crippen LogP contribution in [0.15, 0.2) is 47.0 Å². The van der Waals surface area contributed by atoms with E-state index in [0.717, 1.165) is 5.56 Å². The number of nitrogens with zero attached hydrogens (tertiary/aromatic N) is 1. The third-order valence-electron chi connectivity index (χ3n) is 5.35. The standard InChI is InChI=1S/C21H23Br4N3O8S.Na/c1-34-18-14(24)9-21(19(29)16(18)25)10-15(28-36-21)20(30)26-4-2-6-35-17-12(22)7-11(8-13(17)23)3-5-27-37(31,32)33;/h7-9,19,27,29H,2-6,10H2,1H3,(H,26,30)(H,31,32,33);/q;+1/p-1/t19-,21+;/m0./s1.